The van der Waals surface area contributed by atoms with Crippen LogP contribution in [0.1, 0.15) is 49.7 Å². The number of hydrogen-bond acceptors (Lipinski definition) is 3. The Hall–Kier alpha value is -2.25. The van der Waals surface area contributed by atoms with E-state index in [2.05, 4.69) is 5.32 Å². The molecule has 1 aromatic carbocycles. The minimum absolute atomic E-state index is 0.0273. The molecule has 8 heteroatoms. The van der Waals surface area contributed by atoms with E-state index in [1.165, 1.54) is 0 Å². The smallest absolute Gasteiger partial charge is 0.416 e. The van der Waals surface area contributed by atoms with Gasteiger partial charge in [-0.05, 0) is 56.2 Å². The van der Waals surface area contributed by atoms with Crippen LogP contribution in [-0.4, -0.2) is 41.6 Å². The van der Waals surface area contributed by atoms with Crippen LogP contribution in [0.3, 0.4) is 0 Å². The molecule has 152 valence electrons. The van der Waals surface area contributed by atoms with E-state index in [1.54, 1.807) is 12.1 Å². The first-order valence-corrected chi connectivity index (χ1v) is 9.59. The summed E-state index contributed by atoms with van der Waals surface area (Å²) in [6.45, 7) is 2.91. The summed E-state index contributed by atoms with van der Waals surface area (Å²) in [7, 11) is 0. The monoisotopic (exact) mass is 396 g/mol. The lowest BCUT2D eigenvalue weighted by molar-refractivity contribution is -0.144. The van der Waals surface area contributed by atoms with Gasteiger partial charge in [-0.25, -0.2) is 4.79 Å². The van der Waals surface area contributed by atoms with Gasteiger partial charge in [-0.2, -0.15) is 13.2 Å². The number of benzene rings is 1. The molecule has 2 amide bonds. The van der Waals surface area contributed by atoms with Crippen molar-refractivity contribution in [3.8, 4) is 0 Å². The van der Waals surface area contributed by atoms with Crippen LogP contribution in [0.25, 0.3) is 0 Å². The molecule has 0 unspecified atom stereocenters. The zero-order chi connectivity index (χ0) is 20.1. The maximum atomic E-state index is 12.9. The summed E-state index contributed by atoms with van der Waals surface area (Å²) in [5.74, 6) is 0.147. The molecule has 5 nitrogen and oxygen atoms in total. The van der Waals surface area contributed by atoms with E-state index in [4.69, 9.17) is 4.74 Å². The van der Waals surface area contributed by atoms with Crippen molar-refractivity contribution in [3.63, 3.8) is 0 Å². The average molecular weight is 396 g/mol. The lowest BCUT2D eigenvalue weighted by Gasteiger charge is -2.46. The molecule has 0 radical (unpaired) electrons. The van der Waals surface area contributed by atoms with Gasteiger partial charge in [0.05, 0.1) is 11.1 Å². The van der Waals surface area contributed by atoms with Gasteiger partial charge in [0.25, 0.3) is 0 Å². The number of hydrogen-bond donors (Lipinski definition) is 1. The standard InChI is InChI=1S/C20H23F3N2O3/c1-12-8-14(13-2-4-16(5-3-13)20(21,22)23)6-7-25(12)17(26)15-9-19(10-15)11-28-18(27)24-19/h2-5,12,14-15H,6-11H2,1H3,(H,24,27)/t12-,14+,15-,19+/m1/s1. The number of halogens is 3. The van der Waals surface area contributed by atoms with Gasteiger partial charge in [-0.1, -0.05) is 12.1 Å². The fraction of sp³-hybridized carbons (Fsp3) is 0.600. The van der Waals surface area contributed by atoms with Crippen molar-refractivity contribution in [2.75, 3.05) is 13.2 Å². The minimum atomic E-state index is -4.33. The van der Waals surface area contributed by atoms with E-state index in [-0.39, 0.29) is 29.3 Å². The third kappa shape index (κ3) is 3.44. The number of ether oxygens (including phenoxy) is 1. The Morgan fingerprint density at radius 2 is 1.93 bits per heavy atom. The zero-order valence-corrected chi connectivity index (χ0v) is 15.6. The SMILES string of the molecule is C[C@@H]1C[C@@H](c2ccc(C(F)(F)F)cc2)CCN1C(=O)[C@H]1C[C@]2(COC(=O)N2)C1. The molecule has 1 aliphatic carbocycles. The summed E-state index contributed by atoms with van der Waals surface area (Å²) < 4.78 is 43.2. The van der Waals surface area contributed by atoms with E-state index < -0.39 is 17.8 Å². The van der Waals surface area contributed by atoms with E-state index in [9.17, 15) is 22.8 Å². The lowest BCUT2D eigenvalue weighted by atomic mass is 9.68. The first kappa shape index (κ1) is 19.1. The third-order valence-electron chi connectivity index (χ3n) is 6.34. The normalized spacial score (nSPS) is 32.6. The summed E-state index contributed by atoms with van der Waals surface area (Å²) in [5, 5.41) is 2.80. The van der Waals surface area contributed by atoms with Crippen LogP contribution < -0.4 is 5.32 Å². The molecule has 2 heterocycles. The number of piperidine rings is 1. The summed E-state index contributed by atoms with van der Waals surface area (Å²) >= 11 is 0. The van der Waals surface area contributed by atoms with Gasteiger partial charge in [0, 0.05) is 18.5 Å². The lowest BCUT2D eigenvalue weighted by Crippen LogP contribution is -2.59. The molecule has 2 atom stereocenters. The Balaban J connectivity index is 1.34. The minimum Gasteiger partial charge on any atom is -0.447 e. The average Bonchev–Trinajstić information content (AvgIpc) is 3.01. The summed E-state index contributed by atoms with van der Waals surface area (Å²) in [6.07, 6.45) is -2.08. The topological polar surface area (TPSA) is 58.6 Å². The van der Waals surface area contributed by atoms with Crippen molar-refractivity contribution in [2.45, 2.75) is 56.3 Å². The van der Waals surface area contributed by atoms with Crippen molar-refractivity contribution in [1.82, 2.24) is 10.2 Å². The highest BCUT2D eigenvalue weighted by atomic mass is 19.4. The number of nitrogens with zero attached hydrogens (tertiary/aromatic N) is 1. The number of alkyl carbamates (subject to hydrolysis) is 1. The molecule has 3 aliphatic rings. The van der Waals surface area contributed by atoms with Crippen molar-refractivity contribution in [2.24, 2.45) is 5.92 Å². The first-order chi connectivity index (χ1) is 13.2. The maximum Gasteiger partial charge on any atom is 0.416 e. The van der Waals surface area contributed by atoms with Crippen LogP contribution in [0.2, 0.25) is 0 Å². The molecule has 3 fully saturated rings. The van der Waals surface area contributed by atoms with Crippen molar-refractivity contribution in [1.29, 1.82) is 0 Å². The highest BCUT2D eigenvalue weighted by Crippen LogP contribution is 2.43. The number of rotatable bonds is 2. The molecule has 4 rings (SSSR count). The van der Waals surface area contributed by atoms with E-state index in [1.807, 2.05) is 11.8 Å². The second-order valence-corrected chi connectivity index (χ2v) is 8.31. The van der Waals surface area contributed by atoms with Crippen LogP contribution in [0.15, 0.2) is 24.3 Å². The molecular formula is C20H23F3N2O3. The van der Waals surface area contributed by atoms with Crippen molar-refractivity contribution in [3.05, 3.63) is 35.4 Å². The number of carbonyl (C=O) groups excluding carboxylic acids is 2. The molecule has 2 aliphatic heterocycles. The Bertz CT molecular complexity index is 772. The highest BCUT2D eigenvalue weighted by molar-refractivity contribution is 5.82. The zero-order valence-electron chi connectivity index (χ0n) is 15.6. The van der Waals surface area contributed by atoms with Crippen LogP contribution in [0, 0.1) is 5.92 Å². The number of amides is 2. The fourth-order valence-corrected chi connectivity index (χ4v) is 4.75. The summed E-state index contributed by atoms with van der Waals surface area (Å²) in [5.41, 5.74) is -0.127. The quantitative estimate of drug-likeness (QED) is 0.830. The van der Waals surface area contributed by atoms with Crippen molar-refractivity contribution < 1.29 is 27.5 Å². The highest BCUT2D eigenvalue weighted by Gasteiger charge is 2.53. The number of carbonyl (C=O) groups is 2. The predicted octanol–water partition coefficient (Wildman–Crippen LogP) is 3.69. The van der Waals surface area contributed by atoms with E-state index in [0.29, 0.717) is 26.0 Å². The Morgan fingerprint density at radius 1 is 1.25 bits per heavy atom. The maximum absolute atomic E-state index is 12.9. The largest absolute Gasteiger partial charge is 0.447 e. The second-order valence-electron chi connectivity index (χ2n) is 8.31. The molecular weight excluding hydrogens is 373 g/mol. The molecule has 0 bridgehead atoms. The number of alkyl halides is 3. The summed E-state index contributed by atoms with van der Waals surface area (Å²) in [4.78, 5) is 26.0. The Kier molecular flexibility index (Phi) is 4.55. The van der Waals surface area contributed by atoms with Gasteiger partial charge in [-0.15, -0.1) is 0 Å². The predicted molar refractivity (Wildman–Crippen MR) is 94.5 cm³/mol. The number of cyclic esters (lactones) is 1. The summed E-state index contributed by atoms with van der Waals surface area (Å²) in [6, 6.07) is 5.39. The number of nitrogens with one attached hydrogen (secondary N) is 1. The molecule has 0 aromatic heterocycles. The van der Waals surface area contributed by atoms with Crippen LogP contribution in [0.5, 0.6) is 0 Å². The number of likely N-dealkylation sites (tertiary alicyclic amines) is 1. The molecule has 1 N–H and O–H groups in total. The van der Waals surface area contributed by atoms with Gasteiger partial charge in [0.2, 0.25) is 5.91 Å². The second kappa shape index (κ2) is 6.67. The van der Waals surface area contributed by atoms with Gasteiger partial charge < -0.3 is 15.0 Å². The van der Waals surface area contributed by atoms with E-state index >= 15 is 0 Å². The molecule has 1 aromatic rings. The van der Waals surface area contributed by atoms with Gasteiger partial charge in [0.15, 0.2) is 0 Å². The van der Waals surface area contributed by atoms with E-state index in [0.717, 1.165) is 30.5 Å². The molecule has 1 saturated carbocycles. The van der Waals surface area contributed by atoms with Gasteiger partial charge >= 0.3 is 12.3 Å². The van der Waals surface area contributed by atoms with Gasteiger partial charge in [0.1, 0.15) is 6.61 Å². The molecule has 2 saturated heterocycles. The van der Waals surface area contributed by atoms with Crippen molar-refractivity contribution >= 4 is 12.0 Å². The van der Waals surface area contributed by atoms with Crippen LogP contribution in [-0.2, 0) is 15.7 Å². The molecule has 28 heavy (non-hydrogen) atoms. The van der Waals surface area contributed by atoms with Crippen LogP contribution in [0.4, 0.5) is 18.0 Å². The third-order valence-corrected chi connectivity index (χ3v) is 6.34. The Labute approximate surface area is 161 Å². The fourth-order valence-electron chi connectivity index (χ4n) is 4.75. The Morgan fingerprint density at radius 3 is 2.46 bits per heavy atom. The molecule has 1 spiro atoms. The first-order valence-electron chi connectivity index (χ1n) is 9.59. The van der Waals surface area contributed by atoms with Gasteiger partial charge in [-0.3, -0.25) is 4.79 Å². The van der Waals surface area contributed by atoms with Crippen LogP contribution >= 0.6 is 0 Å².